The summed E-state index contributed by atoms with van der Waals surface area (Å²) in [5.41, 5.74) is 0. The molecule has 0 spiro atoms. The van der Waals surface area contributed by atoms with Crippen LogP contribution in [0.25, 0.3) is 0 Å². The zero-order chi connectivity index (χ0) is 9.97. The first kappa shape index (κ1) is 9.59. The molecule has 0 N–H and O–H groups in total. The van der Waals surface area contributed by atoms with E-state index < -0.39 is 0 Å². The third-order valence-corrected chi connectivity index (χ3v) is 2.88. The van der Waals surface area contributed by atoms with Crippen molar-refractivity contribution < 1.29 is 14.3 Å². The van der Waals surface area contributed by atoms with Crippen LogP contribution in [0.3, 0.4) is 0 Å². The van der Waals surface area contributed by atoms with Gasteiger partial charge in [-0.1, -0.05) is 6.08 Å². The Balaban J connectivity index is 2.03. The van der Waals surface area contributed by atoms with Gasteiger partial charge in [0.05, 0.1) is 6.61 Å². The third-order valence-electron chi connectivity index (χ3n) is 2.88. The van der Waals surface area contributed by atoms with Crippen molar-refractivity contribution in [1.82, 2.24) is 0 Å². The van der Waals surface area contributed by atoms with Gasteiger partial charge in [-0.05, 0) is 24.8 Å². The molecule has 0 saturated heterocycles. The highest BCUT2D eigenvalue weighted by atomic mass is 16.5. The molecule has 3 heteroatoms. The van der Waals surface area contributed by atoms with Crippen molar-refractivity contribution >= 4 is 11.6 Å². The van der Waals surface area contributed by atoms with Crippen LogP contribution in [-0.4, -0.2) is 24.3 Å². The number of carbonyl (C=O) groups is 2. The van der Waals surface area contributed by atoms with Gasteiger partial charge < -0.3 is 4.74 Å². The number of ketones is 2. The summed E-state index contributed by atoms with van der Waals surface area (Å²) in [6, 6.07) is 0. The fraction of sp³-hybridized carbons (Fsp3) is 0.636. The Labute approximate surface area is 83.1 Å². The molecule has 1 saturated carbocycles. The molecule has 0 aromatic heterocycles. The van der Waals surface area contributed by atoms with Gasteiger partial charge in [0.2, 0.25) is 0 Å². The molecule has 1 heterocycles. The largest absolute Gasteiger partial charge is 0.366 e. The maximum Gasteiger partial charge on any atom is 0.184 e. The van der Waals surface area contributed by atoms with Crippen molar-refractivity contribution in [2.45, 2.75) is 31.8 Å². The molecule has 14 heavy (non-hydrogen) atoms. The molecule has 0 amide bonds. The van der Waals surface area contributed by atoms with Crippen molar-refractivity contribution in [2.75, 3.05) is 6.61 Å². The van der Waals surface area contributed by atoms with Crippen LogP contribution >= 0.6 is 0 Å². The van der Waals surface area contributed by atoms with E-state index in [1.54, 1.807) is 12.2 Å². The highest BCUT2D eigenvalue weighted by Gasteiger charge is 2.32. The summed E-state index contributed by atoms with van der Waals surface area (Å²) < 4.78 is 5.39. The molecule has 2 atom stereocenters. The lowest BCUT2D eigenvalue weighted by Crippen LogP contribution is -2.36. The molecule has 3 nitrogen and oxygen atoms in total. The van der Waals surface area contributed by atoms with Crippen LogP contribution < -0.4 is 0 Å². The predicted octanol–water partition coefficient (Wildman–Crippen LogP) is 1.27. The van der Waals surface area contributed by atoms with Crippen LogP contribution in [0.1, 0.15) is 25.7 Å². The average molecular weight is 194 g/mol. The Morgan fingerprint density at radius 3 is 2.93 bits per heavy atom. The van der Waals surface area contributed by atoms with Gasteiger partial charge in [0, 0.05) is 12.8 Å². The SMILES string of the molecule is O=C1CCC[C@H]([C@@H]2OCC=CC2=O)C1. The standard InChI is InChI=1S/C11H14O3/c12-9-4-1-3-8(7-9)11-10(13)5-2-6-14-11/h2,5,8,11H,1,3-4,6-7H2/t8-,11-/m0/s1. The van der Waals surface area contributed by atoms with Gasteiger partial charge in [-0.2, -0.15) is 0 Å². The second kappa shape index (κ2) is 4.05. The van der Waals surface area contributed by atoms with Crippen molar-refractivity contribution in [2.24, 2.45) is 5.92 Å². The Kier molecular flexibility index (Phi) is 2.77. The van der Waals surface area contributed by atoms with Crippen molar-refractivity contribution in [3.05, 3.63) is 12.2 Å². The van der Waals surface area contributed by atoms with Gasteiger partial charge in [0.1, 0.15) is 11.9 Å². The maximum atomic E-state index is 11.5. The second-order valence-corrected chi connectivity index (χ2v) is 3.95. The van der Waals surface area contributed by atoms with E-state index in [9.17, 15) is 9.59 Å². The first-order valence-electron chi connectivity index (χ1n) is 5.11. The highest BCUT2D eigenvalue weighted by Crippen LogP contribution is 2.27. The molecule has 2 rings (SSSR count). The maximum absolute atomic E-state index is 11.5. The lowest BCUT2D eigenvalue weighted by atomic mass is 9.82. The summed E-state index contributed by atoms with van der Waals surface area (Å²) in [6.45, 7) is 0.501. The van der Waals surface area contributed by atoms with Gasteiger partial charge in [0.15, 0.2) is 5.78 Å². The minimum absolute atomic E-state index is 0.0240. The summed E-state index contributed by atoms with van der Waals surface area (Å²) in [5.74, 6) is 0.414. The molecule has 0 bridgehead atoms. The highest BCUT2D eigenvalue weighted by molar-refractivity contribution is 5.95. The number of Topliss-reactive ketones (excluding diaryl/α,β-unsaturated/α-hetero) is 1. The molecular formula is C11H14O3. The van der Waals surface area contributed by atoms with Gasteiger partial charge in [-0.3, -0.25) is 9.59 Å². The summed E-state index contributed by atoms with van der Waals surface area (Å²) in [4.78, 5) is 22.7. The van der Waals surface area contributed by atoms with E-state index in [0.29, 0.717) is 19.4 Å². The number of ether oxygens (including phenoxy) is 1. The molecule has 0 aromatic rings. The van der Waals surface area contributed by atoms with Crippen molar-refractivity contribution in [1.29, 1.82) is 0 Å². The number of hydrogen-bond acceptors (Lipinski definition) is 3. The summed E-state index contributed by atoms with van der Waals surface area (Å²) in [7, 11) is 0. The zero-order valence-electron chi connectivity index (χ0n) is 8.07. The smallest absolute Gasteiger partial charge is 0.184 e. The molecule has 1 aliphatic heterocycles. The Bertz CT molecular complexity index is 280. The van der Waals surface area contributed by atoms with E-state index in [1.807, 2.05) is 0 Å². The average Bonchev–Trinajstić information content (AvgIpc) is 2.18. The summed E-state index contributed by atoms with van der Waals surface area (Å²) >= 11 is 0. The topological polar surface area (TPSA) is 43.4 Å². The van der Waals surface area contributed by atoms with Crippen molar-refractivity contribution in [3.63, 3.8) is 0 Å². The minimum atomic E-state index is -0.357. The molecule has 1 fully saturated rings. The number of carbonyl (C=O) groups excluding carboxylic acids is 2. The Hall–Kier alpha value is -0.960. The van der Waals surface area contributed by atoms with Crippen LogP contribution in [0.5, 0.6) is 0 Å². The van der Waals surface area contributed by atoms with Crippen LogP contribution in [0, 0.1) is 5.92 Å². The van der Waals surface area contributed by atoms with Crippen LogP contribution in [0.15, 0.2) is 12.2 Å². The molecule has 0 radical (unpaired) electrons. The second-order valence-electron chi connectivity index (χ2n) is 3.95. The van der Waals surface area contributed by atoms with Crippen LogP contribution in [-0.2, 0) is 14.3 Å². The van der Waals surface area contributed by atoms with E-state index >= 15 is 0 Å². The fourth-order valence-corrected chi connectivity index (χ4v) is 2.19. The number of rotatable bonds is 1. The summed E-state index contributed by atoms with van der Waals surface area (Å²) in [6.07, 6.45) is 5.98. The predicted molar refractivity (Wildman–Crippen MR) is 50.9 cm³/mol. The van der Waals surface area contributed by atoms with E-state index in [1.165, 1.54) is 0 Å². The summed E-state index contributed by atoms with van der Waals surface area (Å²) in [5, 5.41) is 0. The van der Waals surface area contributed by atoms with E-state index in [2.05, 4.69) is 0 Å². The van der Waals surface area contributed by atoms with Gasteiger partial charge in [-0.15, -0.1) is 0 Å². The van der Waals surface area contributed by atoms with E-state index in [4.69, 9.17) is 4.74 Å². The molecular weight excluding hydrogens is 180 g/mol. The third kappa shape index (κ3) is 1.93. The van der Waals surface area contributed by atoms with E-state index in [0.717, 1.165) is 12.8 Å². The monoisotopic (exact) mass is 194 g/mol. The van der Waals surface area contributed by atoms with Gasteiger partial charge in [0.25, 0.3) is 0 Å². The minimum Gasteiger partial charge on any atom is -0.366 e. The first-order chi connectivity index (χ1) is 6.77. The normalized spacial score (nSPS) is 33.4. The van der Waals surface area contributed by atoms with Crippen LogP contribution in [0.4, 0.5) is 0 Å². The molecule has 0 unspecified atom stereocenters. The zero-order valence-corrected chi connectivity index (χ0v) is 8.07. The van der Waals surface area contributed by atoms with Gasteiger partial charge >= 0.3 is 0 Å². The van der Waals surface area contributed by atoms with Crippen molar-refractivity contribution in [3.8, 4) is 0 Å². The lowest BCUT2D eigenvalue weighted by Gasteiger charge is -2.29. The Morgan fingerprint density at radius 1 is 1.36 bits per heavy atom. The van der Waals surface area contributed by atoms with E-state index in [-0.39, 0.29) is 23.6 Å². The quantitative estimate of drug-likeness (QED) is 0.631. The fourth-order valence-electron chi connectivity index (χ4n) is 2.19. The number of hydrogen-bond donors (Lipinski definition) is 0. The van der Waals surface area contributed by atoms with Crippen LogP contribution in [0.2, 0.25) is 0 Å². The lowest BCUT2D eigenvalue weighted by molar-refractivity contribution is -0.133. The van der Waals surface area contributed by atoms with Gasteiger partial charge in [-0.25, -0.2) is 0 Å². The molecule has 1 aliphatic carbocycles. The Morgan fingerprint density at radius 2 is 2.21 bits per heavy atom. The molecule has 0 aromatic carbocycles. The first-order valence-corrected chi connectivity index (χ1v) is 5.11. The molecule has 2 aliphatic rings. The molecule has 76 valence electrons.